The fourth-order valence-corrected chi connectivity index (χ4v) is 5.19. The van der Waals surface area contributed by atoms with Gasteiger partial charge in [-0.25, -0.2) is 15.0 Å². The van der Waals surface area contributed by atoms with Crippen LogP contribution < -0.4 is 5.73 Å². The minimum atomic E-state index is -4.79. The normalized spacial score (nSPS) is 28.5. The molecule has 1 fully saturated rings. The molecule has 1 aliphatic heterocycles. The second kappa shape index (κ2) is 7.17. The summed E-state index contributed by atoms with van der Waals surface area (Å²) in [5.41, 5.74) is 6.17. The third kappa shape index (κ3) is 4.35. The molecule has 0 bridgehead atoms. The first-order valence-electron chi connectivity index (χ1n) is 7.44. The first-order valence-corrected chi connectivity index (χ1v) is 11.0. The largest absolute Gasteiger partial charge is 0.387 e. The van der Waals surface area contributed by atoms with Crippen LogP contribution in [0.5, 0.6) is 0 Å². The van der Waals surface area contributed by atoms with Crippen molar-refractivity contribution in [2.24, 2.45) is 0 Å². The average molecular weight is 425 g/mol. The van der Waals surface area contributed by atoms with Crippen LogP contribution in [0.3, 0.4) is 0 Å². The number of nitrogens with zero attached hydrogens (tertiary/aromatic N) is 4. The van der Waals surface area contributed by atoms with E-state index in [0.29, 0.717) is 0 Å². The monoisotopic (exact) mass is 425 g/mol. The SMILES string of the molecule is Nc1ncnc2c1ncn2C1O[C@H](COP(=O)(O)CP(=O)(O)O)[C@@H](O)[C@H]1O. The van der Waals surface area contributed by atoms with Crippen molar-refractivity contribution in [3.8, 4) is 0 Å². The summed E-state index contributed by atoms with van der Waals surface area (Å²) in [6, 6.07) is 0. The Morgan fingerprint density at radius 1 is 1.19 bits per heavy atom. The fraction of sp³-hybridized carbons (Fsp3) is 0.545. The van der Waals surface area contributed by atoms with E-state index in [1.165, 1.54) is 17.2 Å². The number of hydrogen-bond acceptors (Lipinski definition) is 10. The number of aliphatic hydroxyl groups excluding tert-OH is 2. The van der Waals surface area contributed by atoms with Crippen molar-refractivity contribution in [1.29, 1.82) is 0 Å². The Hall–Kier alpha value is -1.47. The lowest BCUT2D eigenvalue weighted by Crippen LogP contribution is -2.33. The van der Waals surface area contributed by atoms with Gasteiger partial charge >= 0.3 is 15.2 Å². The standard InChI is InChI=1S/C11H17N5O9P2/c12-9-6-10(14-2-13-9)16(3-15-6)11-8(18)7(17)5(25-11)1-24-27(22,23)4-26(19,20)21/h2-3,5,7-8,11,17-18H,1,4H2,(H,22,23)(H2,12,13,14)(H2,19,20,21)/t5-,7-,8-,11?/m1/s1. The van der Waals surface area contributed by atoms with E-state index in [9.17, 15) is 24.2 Å². The van der Waals surface area contributed by atoms with E-state index in [-0.39, 0.29) is 17.0 Å². The van der Waals surface area contributed by atoms with Crippen LogP contribution in [0, 0.1) is 0 Å². The second-order valence-corrected chi connectivity index (χ2v) is 9.86. The third-order valence-corrected chi connectivity index (χ3v) is 7.26. The van der Waals surface area contributed by atoms with Gasteiger partial charge in [-0.1, -0.05) is 0 Å². The Labute approximate surface area is 151 Å². The Morgan fingerprint density at radius 3 is 2.56 bits per heavy atom. The molecule has 0 saturated carbocycles. The Morgan fingerprint density at radius 2 is 1.89 bits per heavy atom. The molecule has 0 radical (unpaired) electrons. The van der Waals surface area contributed by atoms with Gasteiger partial charge in [-0.3, -0.25) is 13.7 Å². The first kappa shape index (κ1) is 20.3. The van der Waals surface area contributed by atoms with Crippen LogP contribution in [0.4, 0.5) is 5.82 Å². The maximum atomic E-state index is 11.7. The minimum Gasteiger partial charge on any atom is -0.387 e. The van der Waals surface area contributed by atoms with E-state index in [2.05, 4.69) is 19.5 Å². The zero-order valence-corrected chi connectivity index (χ0v) is 15.3. The first-order chi connectivity index (χ1) is 12.5. The van der Waals surface area contributed by atoms with E-state index < -0.39 is 52.2 Å². The van der Waals surface area contributed by atoms with Crippen LogP contribution >= 0.6 is 15.2 Å². The van der Waals surface area contributed by atoms with E-state index in [4.69, 9.17) is 20.3 Å². The molecule has 2 aromatic rings. The molecule has 7 N–H and O–H groups in total. The molecule has 27 heavy (non-hydrogen) atoms. The van der Waals surface area contributed by atoms with Crippen molar-refractivity contribution in [3.05, 3.63) is 12.7 Å². The summed E-state index contributed by atoms with van der Waals surface area (Å²) in [6.07, 6.45) is -2.94. The van der Waals surface area contributed by atoms with Crippen LogP contribution in [0.15, 0.2) is 12.7 Å². The van der Waals surface area contributed by atoms with Gasteiger partial charge in [0.05, 0.1) is 12.9 Å². The van der Waals surface area contributed by atoms with E-state index in [1.54, 1.807) is 0 Å². The molecule has 2 aromatic heterocycles. The zero-order chi connectivity index (χ0) is 20.0. The molecule has 14 nitrogen and oxygen atoms in total. The number of aromatic nitrogens is 4. The van der Waals surface area contributed by atoms with Crippen LogP contribution in [0.25, 0.3) is 11.2 Å². The van der Waals surface area contributed by atoms with Gasteiger partial charge in [0.15, 0.2) is 23.6 Å². The van der Waals surface area contributed by atoms with Gasteiger partial charge in [-0.15, -0.1) is 0 Å². The van der Waals surface area contributed by atoms with Gasteiger partial charge in [-0.2, -0.15) is 0 Å². The molecule has 150 valence electrons. The summed E-state index contributed by atoms with van der Waals surface area (Å²) >= 11 is 0. The number of imidazole rings is 1. The smallest absolute Gasteiger partial charge is 0.340 e. The van der Waals surface area contributed by atoms with Gasteiger partial charge < -0.3 is 39.9 Å². The van der Waals surface area contributed by atoms with Crippen molar-refractivity contribution < 1.29 is 43.3 Å². The molecule has 1 aliphatic rings. The molecule has 3 rings (SSSR count). The maximum Gasteiger partial charge on any atom is 0.340 e. The topological polar surface area (TPSA) is 223 Å². The van der Waals surface area contributed by atoms with Crippen LogP contribution in [0.1, 0.15) is 6.23 Å². The quantitative estimate of drug-likeness (QED) is 0.286. The lowest BCUT2D eigenvalue weighted by molar-refractivity contribution is -0.0483. The molecule has 0 spiro atoms. The highest BCUT2D eigenvalue weighted by molar-refractivity contribution is 7.70. The molecule has 2 unspecified atom stereocenters. The summed E-state index contributed by atoms with van der Waals surface area (Å²) in [4.78, 5) is 38.8. The molecule has 0 aliphatic carbocycles. The fourth-order valence-electron chi connectivity index (χ4n) is 2.62. The number of rotatable bonds is 6. The van der Waals surface area contributed by atoms with Crippen molar-refractivity contribution in [2.45, 2.75) is 24.5 Å². The summed E-state index contributed by atoms with van der Waals surface area (Å²) < 4.78 is 33.9. The van der Waals surface area contributed by atoms with Gasteiger partial charge in [0, 0.05) is 0 Å². The predicted molar refractivity (Wildman–Crippen MR) is 88.3 cm³/mol. The number of aliphatic hydroxyl groups is 2. The average Bonchev–Trinajstić information content (AvgIpc) is 3.07. The lowest BCUT2D eigenvalue weighted by atomic mass is 10.1. The van der Waals surface area contributed by atoms with Gasteiger partial charge in [0.2, 0.25) is 0 Å². The van der Waals surface area contributed by atoms with E-state index >= 15 is 0 Å². The van der Waals surface area contributed by atoms with Gasteiger partial charge in [0.25, 0.3) is 0 Å². The second-order valence-electron chi connectivity index (χ2n) is 5.87. The Kier molecular flexibility index (Phi) is 5.38. The van der Waals surface area contributed by atoms with Gasteiger partial charge in [0.1, 0.15) is 30.2 Å². The third-order valence-electron chi connectivity index (χ3n) is 3.80. The predicted octanol–water partition coefficient (Wildman–Crippen LogP) is -1.64. The highest BCUT2D eigenvalue weighted by Crippen LogP contribution is 2.55. The van der Waals surface area contributed by atoms with E-state index in [0.717, 1.165) is 0 Å². The van der Waals surface area contributed by atoms with Crippen LogP contribution in [0.2, 0.25) is 0 Å². The van der Waals surface area contributed by atoms with Crippen LogP contribution in [-0.4, -0.2) is 75.2 Å². The Balaban J connectivity index is 1.75. The molecule has 0 aromatic carbocycles. The van der Waals surface area contributed by atoms with Crippen molar-refractivity contribution in [1.82, 2.24) is 19.5 Å². The highest BCUT2D eigenvalue weighted by Gasteiger charge is 2.45. The molecule has 16 heteroatoms. The minimum absolute atomic E-state index is 0.102. The lowest BCUT2D eigenvalue weighted by Gasteiger charge is -2.18. The summed E-state index contributed by atoms with van der Waals surface area (Å²) in [7, 11) is -9.42. The van der Waals surface area contributed by atoms with Crippen molar-refractivity contribution in [2.75, 3.05) is 18.2 Å². The maximum absolute atomic E-state index is 11.7. The number of hydrogen-bond donors (Lipinski definition) is 6. The van der Waals surface area contributed by atoms with Crippen LogP contribution in [-0.2, 0) is 18.4 Å². The summed E-state index contributed by atoms with van der Waals surface area (Å²) in [5.74, 6) is -1.28. The molecular weight excluding hydrogens is 408 g/mol. The molecule has 0 amide bonds. The van der Waals surface area contributed by atoms with Crippen molar-refractivity contribution >= 4 is 32.2 Å². The van der Waals surface area contributed by atoms with E-state index in [1.807, 2.05) is 0 Å². The molecule has 5 atom stereocenters. The number of nitrogens with two attached hydrogens (primary N) is 1. The molecular formula is C11H17N5O9P2. The molecule has 1 saturated heterocycles. The Bertz CT molecular complexity index is 932. The summed E-state index contributed by atoms with van der Waals surface area (Å²) in [5, 5.41) is 20.3. The van der Waals surface area contributed by atoms with Crippen molar-refractivity contribution in [3.63, 3.8) is 0 Å². The van der Waals surface area contributed by atoms with Gasteiger partial charge in [-0.05, 0) is 0 Å². The number of anilines is 1. The zero-order valence-electron chi connectivity index (χ0n) is 13.5. The highest BCUT2D eigenvalue weighted by atomic mass is 31.2. The number of ether oxygens (including phenoxy) is 1. The molecule has 3 heterocycles. The number of fused-ring (bicyclic) bond motifs is 1. The number of nitrogen functional groups attached to an aromatic ring is 1. The summed E-state index contributed by atoms with van der Waals surface area (Å²) in [6.45, 7) is -0.688.